The lowest BCUT2D eigenvalue weighted by molar-refractivity contribution is -0.135. The molecule has 0 aromatic carbocycles. The first-order chi connectivity index (χ1) is 9.10. The third-order valence-electron chi connectivity index (χ3n) is 3.76. The van der Waals surface area contributed by atoms with Crippen LogP contribution in [-0.4, -0.2) is 28.9 Å². The van der Waals surface area contributed by atoms with Gasteiger partial charge in [0.1, 0.15) is 5.01 Å². The first-order valence-electron chi connectivity index (χ1n) is 7.04. The Bertz CT molecular complexity index is 432. The summed E-state index contributed by atoms with van der Waals surface area (Å²) in [5, 5.41) is 1.02. The van der Waals surface area contributed by atoms with E-state index in [1.54, 1.807) is 16.2 Å². The van der Waals surface area contributed by atoms with Gasteiger partial charge in [-0.1, -0.05) is 13.3 Å². The molecule has 0 spiro atoms. The summed E-state index contributed by atoms with van der Waals surface area (Å²) in [6, 6.07) is 0.197. The Labute approximate surface area is 119 Å². The lowest BCUT2D eigenvalue weighted by Gasteiger charge is -2.29. The minimum Gasteiger partial charge on any atom is -0.339 e. The summed E-state index contributed by atoms with van der Waals surface area (Å²) < 4.78 is 0. The summed E-state index contributed by atoms with van der Waals surface area (Å²) >= 11 is 1.70. The largest absolute Gasteiger partial charge is 0.339 e. The molecule has 1 saturated carbocycles. The van der Waals surface area contributed by atoms with E-state index in [1.807, 2.05) is 13.2 Å². The lowest BCUT2D eigenvalue weighted by atomic mass is 9.85. The van der Waals surface area contributed by atoms with Crippen molar-refractivity contribution in [1.82, 2.24) is 9.88 Å². The van der Waals surface area contributed by atoms with Gasteiger partial charge in [-0.05, 0) is 25.7 Å². The molecule has 19 heavy (non-hydrogen) atoms. The highest BCUT2D eigenvalue weighted by Crippen LogP contribution is 2.25. The fraction of sp³-hybridized carbons (Fsp3) is 0.714. The Morgan fingerprint density at radius 3 is 3.00 bits per heavy atom. The number of carbonyl (C=O) groups is 1. The number of aryl methyl sites for hydroxylation is 1. The molecule has 0 radical (unpaired) electrons. The van der Waals surface area contributed by atoms with Crippen molar-refractivity contribution in [2.75, 3.05) is 7.05 Å². The third-order valence-corrected chi connectivity index (χ3v) is 4.89. The minimum atomic E-state index is 0.111. The molecule has 2 atom stereocenters. The van der Waals surface area contributed by atoms with Gasteiger partial charge in [0.15, 0.2) is 0 Å². The number of rotatable bonds is 4. The van der Waals surface area contributed by atoms with Crippen LogP contribution in [0.2, 0.25) is 0 Å². The van der Waals surface area contributed by atoms with Crippen molar-refractivity contribution >= 4 is 17.2 Å². The molecule has 1 aliphatic rings. The van der Waals surface area contributed by atoms with Crippen molar-refractivity contribution in [2.45, 2.75) is 51.6 Å². The highest BCUT2D eigenvalue weighted by Gasteiger charge is 2.27. The standard InChI is InChI=1S/C14H23N3OS/c1-3-12-8-16-13(19-12)9-17(2)14(18)10-5-4-6-11(15)7-10/h8,10-11H,3-7,9,15H2,1-2H3. The Balaban J connectivity index is 1.91. The topological polar surface area (TPSA) is 59.2 Å². The number of hydrogen-bond acceptors (Lipinski definition) is 4. The number of hydrogen-bond donors (Lipinski definition) is 1. The second-order valence-corrected chi connectivity index (χ2v) is 6.59. The van der Waals surface area contributed by atoms with Gasteiger partial charge in [-0.25, -0.2) is 4.98 Å². The Morgan fingerprint density at radius 2 is 2.37 bits per heavy atom. The summed E-state index contributed by atoms with van der Waals surface area (Å²) in [6.07, 6.45) is 6.86. The fourth-order valence-corrected chi connectivity index (χ4v) is 3.54. The molecule has 0 aliphatic heterocycles. The molecule has 1 amide bonds. The van der Waals surface area contributed by atoms with Gasteiger partial charge in [0.25, 0.3) is 0 Å². The quantitative estimate of drug-likeness (QED) is 0.920. The lowest BCUT2D eigenvalue weighted by Crippen LogP contribution is -2.38. The van der Waals surface area contributed by atoms with E-state index in [0.717, 1.165) is 37.1 Å². The van der Waals surface area contributed by atoms with Crippen LogP contribution in [0, 0.1) is 5.92 Å². The van der Waals surface area contributed by atoms with Gasteiger partial charge in [0, 0.05) is 30.1 Å². The maximum absolute atomic E-state index is 12.4. The molecule has 1 aromatic heterocycles. The van der Waals surface area contributed by atoms with E-state index in [9.17, 15) is 4.79 Å². The Kier molecular flexibility index (Phi) is 4.93. The maximum atomic E-state index is 12.4. The van der Waals surface area contributed by atoms with E-state index in [1.165, 1.54) is 4.88 Å². The van der Waals surface area contributed by atoms with Crippen LogP contribution in [0.4, 0.5) is 0 Å². The van der Waals surface area contributed by atoms with Gasteiger partial charge in [0.05, 0.1) is 6.54 Å². The van der Waals surface area contributed by atoms with Crippen LogP contribution in [0.1, 0.15) is 42.5 Å². The molecule has 0 bridgehead atoms. The SMILES string of the molecule is CCc1cnc(CN(C)C(=O)C2CCCC(N)C2)s1. The summed E-state index contributed by atoms with van der Waals surface area (Å²) in [7, 11) is 1.87. The van der Waals surface area contributed by atoms with E-state index in [4.69, 9.17) is 5.73 Å². The van der Waals surface area contributed by atoms with Crippen molar-refractivity contribution in [3.8, 4) is 0 Å². The second-order valence-electron chi connectivity index (χ2n) is 5.39. The first-order valence-corrected chi connectivity index (χ1v) is 7.86. The predicted octanol–water partition coefficient (Wildman–Crippen LogP) is 2.18. The molecule has 4 nitrogen and oxygen atoms in total. The Morgan fingerprint density at radius 1 is 1.58 bits per heavy atom. The highest BCUT2D eigenvalue weighted by atomic mass is 32.1. The van der Waals surface area contributed by atoms with E-state index < -0.39 is 0 Å². The van der Waals surface area contributed by atoms with E-state index in [2.05, 4.69) is 11.9 Å². The van der Waals surface area contributed by atoms with E-state index in [-0.39, 0.29) is 17.9 Å². The molecule has 1 heterocycles. The van der Waals surface area contributed by atoms with Crippen molar-refractivity contribution in [2.24, 2.45) is 11.7 Å². The van der Waals surface area contributed by atoms with Crippen LogP contribution >= 0.6 is 11.3 Å². The van der Waals surface area contributed by atoms with E-state index >= 15 is 0 Å². The molecule has 2 rings (SSSR count). The molecule has 5 heteroatoms. The van der Waals surface area contributed by atoms with Crippen molar-refractivity contribution in [3.63, 3.8) is 0 Å². The van der Waals surface area contributed by atoms with Gasteiger partial charge in [-0.2, -0.15) is 0 Å². The molecule has 1 aliphatic carbocycles. The van der Waals surface area contributed by atoms with Gasteiger partial charge in [0.2, 0.25) is 5.91 Å². The molecule has 2 N–H and O–H groups in total. The molecular weight excluding hydrogens is 258 g/mol. The van der Waals surface area contributed by atoms with Gasteiger partial charge < -0.3 is 10.6 Å². The molecule has 1 aromatic rings. The minimum absolute atomic E-state index is 0.111. The number of carbonyl (C=O) groups excluding carboxylic acids is 1. The Hall–Kier alpha value is -0.940. The van der Waals surface area contributed by atoms with Crippen LogP contribution < -0.4 is 5.73 Å². The second kappa shape index (κ2) is 6.48. The van der Waals surface area contributed by atoms with Crippen molar-refractivity contribution in [3.05, 3.63) is 16.1 Å². The van der Waals surface area contributed by atoms with Crippen molar-refractivity contribution in [1.29, 1.82) is 0 Å². The maximum Gasteiger partial charge on any atom is 0.225 e. The monoisotopic (exact) mass is 281 g/mol. The summed E-state index contributed by atoms with van der Waals surface area (Å²) in [4.78, 5) is 19.8. The number of aromatic nitrogens is 1. The number of amides is 1. The van der Waals surface area contributed by atoms with Crippen LogP contribution in [0.3, 0.4) is 0 Å². The number of nitrogens with two attached hydrogens (primary N) is 1. The molecule has 0 saturated heterocycles. The smallest absolute Gasteiger partial charge is 0.225 e. The first kappa shape index (κ1) is 14.5. The normalized spacial score (nSPS) is 23.3. The molecule has 1 fully saturated rings. The average Bonchev–Trinajstić information content (AvgIpc) is 2.85. The van der Waals surface area contributed by atoms with Crippen LogP contribution in [0.15, 0.2) is 6.20 Å². The summed E-state index contributed by atoms with van der Waals surface area (Å²) in [6.45, 7) is 2.74. The van der Waals surface area contributed by atoms with Crippen LogP contribution in [0.5, 0.6) is 0 Å². The molecule has 2 unspecified atom stereocenters. The van der Waals surface area contributed by atoms with E-state index in [0.29, 0.717) is 6.54 Å². The van der Waals surface area contributed by atoms with Gasteiger partial charge >= 0.3 is 0 Å². The summed E-state index contributed by atoms with van der Waals surface area (Å²) in [5.41, 5.74) is 5.96. The summed E-state index contributed by atoms with van der Waals surface area (Å²) in [5.74, 6) is 0.336. The van der Waals surface area contributed by atoms with Crippen LogP contribution in [0.25, 0.3) is 0 Å². The number of nitrogens with zero attached hydrogens (tertiary/aromatic N) is 2. The third kappa shape index (κ3) is 3.76. The zero-order chi connectivity index (χ0) is 13.8. The predicted molar refractivity (Wildman–Crippen MR) is 77.9 cm³/mol. The zero-order valence-corrected chi connectivity index (χ0v) is 12.6. The van der Waals surface area contributed by atoms with Gasteiger partial charge in [-0.3, -0.25) is 4.79 Å². The van der Waals surface area contributed by atoms with Crippen LogP contribution in [-0.2, 0) is 17.8 Å². The highest BCUT2D eigenvalue weighted by molar-refractivity contribution is 7.11. The average molecular weight is 281 g/mol. The van der Waals surface area contributed by atoms with Crippen molar-refractivity contribution < 1.29 is 4.79 Å². The fourth-order valence-electron chi connectivity index (χ4n) is 2.63. The van der Waals surface area contributed by atoms with Gasteiger partial charge in [-0.15, -0.1) is 11.3 Å². The zero-order valence-electron chi connectivity index (χ0n) is 11.8. The molecule has 106 valence electrons. The molecular formula is C14H23N3OS. The number of thiazole rings is 1.